The molecule has 0 saturated carbocycles. The summed E-state index contributed by atoms with van der Waals surface area (Å²) in [5.74, 6) is 0.427. The fraction of sp³-hybridized carbons (Fsp3) is 0.303. The summed E-state index contributed by atoms with van der Waals surface area (Å²) in [7, 11) is 2.08. The van der Waals surface area contributed by atoms with Crippen LogP contribution in [0.3, 0.4) is 0 Å². The largest absolute Gasteiger partial charge is 0.491 e. The van der Waals surface area contributed by atoms with Crippen LogP contribution in [0.15, 0.2) is 91.5 Å². The van der Waals surface area contributed by atoms with E-state index in [-0.39, 0.29) is 12.7 Å². The Balaban J connectivity index is 1.11. The lowest BCUT2D eigenvalue weighted by Gasteiger charge is -2.30. The Morgan fingerprint density at radius 3 is 2.56 bits per heavy atom. The Bertz CT molecular complexity index is 1470. The highest BCUT2D eigenvalue weighted by molar-refractivity contribution is 6.35. The van der Waals surface area contributed by atoms with Gasteiger partial charge in [-0.3, -0.25) is 4.90 Å². The number of likely N-dealkylation sites (N-methyl/N-ethyl adjacent to an activating group) is 1. The number of imidazole rings is 1. The van der Waals surface area contributed by atoms with Crippen LogP contribution in [-0.2, 0) is 28.4 Å². The first kappa shape index (κ1) is 31.1. The average Bonchev–Trinajstić information content (AvgIpc) is 3.67. The first-order valence-electron chi connectivity index (χ1n) is 14.1. The molecular weight excluding hydrogens is 589 g/mol. The number of halogens is 2. The van der Waals surface area contributed by atoms with Crippen molar-refractivity contribution in [2.24, 2.45) is 0 Å². The van der Waals surface area contributed by atoms with E-state index in [0.717, 1.165) is 30.2 Å². The summed E-state index contributed by atoms with van der Waals surface area (Å²) >= 11 is 12.7. The molecule has 1 aliphatic rings. The van der Waals surface area contributed by atoms with Crippen molar-refractivity contribution in [1.82, 2.24) is 14.5 Å². The first-order valence-corrected chi connectivity index (χ1v) is 14.8. The third-order valence-corrected chi connectivity index (χ3v) is 7.48. The minimum absolute atomic E-state index is 0.00510. The highest BCUT2D eigenvalue weighted by Crippen LogP contribution is 2.40. The van der Waals surface area contributed by atoms with Gasteiger partial charge in [0.1, 0.15) is 30.8 Å². The highest BCUT2D eigenvalue weighted by atomic mass is 35.5. The van der Waals surface area contributed by atoms with Crippen LogP contribution in [0.4, 0.5) is 0 Å². The van der Waals surface area contributed by atoms with Crippen LogP contribution >= 0.6 is 23.2 Å². The van der Waals surface area contributed by atoms with Gasteiger partial charge in [-0.15, -0.1) is 0 Å². The second-order valence-electron chi connectivity index (χ2n) is 10.4. The van der Waals surface area contributed by atoms with Gasteiger partial charge in [-0.1, -0.05) is 65.7 Å². The zero-order valence-corrected chi connectivity index (χ0v) is 25.5. The monoisotopic (exact) mass is 623 g/mol. The standard InChI is InChI=1S/C33H35Cl2N3O5/c1-37(15-2-3-25-4-9-28(10-5-25)40-18-17-39)20-26-6-11-29(12-7-26)41-21-30-22-42-33(43-30,23-38-16-14-36-24-38)31-13-8-27(34)19-32(31)35/h2-14,16,19,24,30,39H,15,17-18,20-23H2,1H3/b3-2+/t30-,33-/m0/s1. The van der Waals surface area contributed by atoms with Crippen LogP contribution in [0.25, 0.3) is 6.08 Å². The van der Waals surface area contributed by atoms with Gasteiger partial charge in [-0.25, -0.2) is 4.98 Å². The lowest BCUT2D eigenvalue weighted by atomic mass is 10.1. The van der Waals surface area contributed by atoms with E-state index in [1.807, 2.05) is 53.2 Å². The van der Waals surface area contributed by atoms with Crippen LogP contribution < -0.4 is 9.47 Å². The molecule has 1 saturated heterocycles. The molecule has 2 atom stereocenters. The van der Waals surface area contributed by atoms with Crippen molar-refractivity contribution < 1.29 is 24.1 Å². The van der Waals surface area contributed by atoms with Crippen LogP contribution in [0, 0.1) is 0 Å². The van der Waals surface area contributed by atoms with E-state index < -0.39 is 5.79 Å². The third kappa shape index (κ3) is 8.60. The molecule has 226 valence electrons. The number of ether oxygens (including phenoxy) is 4. The average molecular weight is 625 g/mol. The molecule has 0 unspecified atom stereocenters. The van der Waals surface area contributed by atoms with Crippen molar-refractivity contribution in [3.05, 3.63) is 118 Å². The predicted octanol–water partition coefficient (Wildman–Crippen LogP) is 6.05. The van der Waals surface area contributed by atoms with E-state index in [9.17, 15) is 0 Å². The van der Waals surface area contributed by atoms with Gasteiger partial charge >= 0.3 is 0 Å². The molecule has 0 spiro atoms. The Morgan fingerprint density at radius 1 is 1.07 bits per heavy atom. The van der Waals surface area contributed by atoms with Gasteiger partial charge in [0.15, 0.2) is 0 Å². The molecule has 10 heteroatoms. The Morgan fingerprint density at radius 2 is 1.84 bits per heavy atom. The van der Waals surface area contributed by atoms with Gasteiger partial charge in [0, 0.05) is 36.1 Å². The van der Waals surface area contributed by atoms with Crippen molar-refractivity contribution in [3.8, 4) is 11.5 Å². The summed E-state index contributed by atoms with van der Waals surface area (Å²) in [4.78, 5) is 6.37. The topological polar surface area (TPSA) is 78.2 Å². The molecule has 8 nitrogen and oxygen atoms in total. The van der Waals surface area contributed by atoms with Gasteiger partial charge < -0.3 is 28.6 Å². The summed E-state index contributed by atoms with van der Waals surface area (Å²) in [6.45, 7) is 2.97. The number of aliphatic hydroxyl groups excluding tert-OH is 1. The van der Waals surface area contributed by atoms with Gasteiger partial charge in [0.25, 0.3) is 0 Å². The first-order chi connectivity index (χ1) is 20.9. The van der Waals surface area contributed by atoms with Crippen LogP contribution in [-0.4, -0.2) is 65.7 Å². The number of benzene rings is 3. The number of nitrogens with zero attached hydrogens (tertiary/aromatic N) is 3. The molecule has 1 aromatic heterocycles. The van der Waals surface area contributed by atoms with E-state index in [0.29, 0.717) is 42.0 Å². The molecule has 0 bridgehead atoms. The zero-order chi connectivity index (χ0) is 30.1. The number of aromatic nitrogens is 2. The van der Waals surface area contributed by atoms with Crippen molar-refractivity contribution in [3.63, 3.8) is 0 Å². The minimum Gasteiger partial charge on any atom is -0.491 e. The molecular formula is C33H35Cl2N3O5. The molecule has 1 N–H and O–H groups in total. The fourth-order valence-electron chi connectivity index (χ4n) is 4.84. The molecule has 0 aliphatic carbocycles. The summed E-state index contributed by atoms with van der Waals surface area (Å²) < 4.78 is 26.1. The summed E-state index contributed by atoms with van der Waals surface area (Å²) in [5.41, 5.74) is 2.99. The van der Waals surface area contributed by atoms with Crippen molar-refractivity contribution in [2.75, 3.05) is 40.0 Å². The molecule has 1 fully saturated rings. The highest BCUT2D eigenvalue weighted by Gasteiger charge is 2.45. The van der Waals surface area contributed by atoms with Gasteiger partial charge in [-0.05, 0) is 54.6 Å². The third-order valence-electron chi connectivity index (χ3n) is 6.93. The molecule has 3 aromatic carbocycles. The van der Waals surface area contributed by atoms with Crippen LogP contribution in [0.2, 0.25) is 10.0 Å². The second kappa shape index (κ2) is 14.9. The molecule has 0 amide bonds. The van der Waals surface area contributed by atoms with Gasteiger partial charge in [-0.2, -0.15) is 0 Å². The molecule has 0 radical (unpaired) electrons. The van der Waals surface area contributed by atoms with E-state index in [2.05, 4.69) is 41.2 Å². The minimum atomic E-state index is -1.09. The van der Waals surface area contributed by atoms with Crippen molar-refractivity contribution in [1.29, 1.82) is 0 Å². The van der Waals surface area contributed by atoms with E-state index >= 15 is 0 Å². The molecule has 43 heavy (non-hydrogen) atoms. The summed E-state index contributed by atoms with van der Waals surface area (Å²) in [5, 5.41) is 9.89. The van der Waals surface area contributed by atoms with Crippen LogP contribution in [0.1, 0.15) is 16.7 Å². The van der Waals surface area contributed by atoms with Crippen molar-refractivity contribution >= 4 is 29.3 Å². The fourth-order valence-corrected chi connectivity index (χ4v) is 5.39. The lowest BCUT2D eigenvalue weighted by molar-refractivity contribution is -0.189. The quantitative estimate of drug-likeness (QED) is 0.183. The van der Waals surface area contributed by atoms with E-state index in [4.69, 9.17) is 47.3 Å². The number of hydrogen-bond acceptors (Lipinski definition) is 7. The van der Waals surface area contributed by atoms with E-state index in [1.54, 1.807) is 24.7 Å². The van der Waals surface area contributed by atoms with Crippen molar-refractivity contribution in [2.45, 2.75) is 25.0 Å². The van der Waals surface area contributed by atoms with Crippen LogP contribution in [0.5, 0.6) is 11.5 Å². The number of aliphatic hydroxyl groups is 1. The molecule has 5 rings (SSSR count). The second-order valence-corrected chi connectivity index (χ2v) is 11.2. The Labute approximate surface area is 262 Å². The SMILES string of the molecule is CN(C/C=C/c1ccc(OCCO)cc1)Cc1ccc(OC[C@H]2CO[C@](Cn3ccnc3)(c3ccc(Cl)cc3Cl)O2)cc1. The summed E-state index contributed by atoms with van der Waals surface area (Å²) in [6.07, 6.45) is 9.21. The molecule has 2 heterocycles. The lowest BCUT2D eigenvalue weighted by Crippen LogP contribution is -2.34. The maximum atomic E-state index is 8.87. The van der Waals surface area contributed by atoms with Gasteiger partial charge in [0.05, 0.1) is 31.1 Å². The number of rotatable bonds is 14. The Hall–Kier alpha value is -3.37. The predicted molar refractivity (Wildman–Crippen MR) is 168 cm³/mol. The maximum absolute atomic E-state index is 8.87. The van der Waals surface area contributed by atoms with Gasteiger partial charge in [0.2, 0.25) is 5.79 Å². The zero-order valence-electron chi connectivity index (χ0n) is 23.9. The smallest absolute Gasteiger partial charge is 0.215 e. The summed E-state index contributed by atoms with van der Waals surface area (Å²) in [6, 6.07) is 21.2. The Kier molecular flexibility index (Phi) is 10.8. The molecule has 1 aliphatic heterocycles. The van der Waals surface area contributed by atoms with E-state index in [1.165, 1.54) is 5.56 Å². The normalized spacial score (nSPS) is 18.5. The molecule has 4 aromatic rings. The maximum Gasteiger partial charge on any atom is 0.215 e. The number of hydrogen-bond donors (Lipinski definition) is 1.